The highest BCUT2D eigenvalue weighted by molar-refractivity contribution is 7.18. The maximum atomic E-state index is 12.0. The van der Waals surface area contributed by atoms with Gasteiger partial charge in [-0.05, 0) is 30.7 Å². The SMILES string of the molecule is Cc1ccccc1C(=O)NNC(=O)CCc1nc2ccccc2s1. The Morgan fingerprint density at radius 1 is 1.04 bits per heavy atom. The lowest BCUT2D eigenvalue weighted by Gasteiger charge is -2.08. The summed E-state index contributed by atoms with van der Waals surface area (Å²) in [7, 11) is 0. The van der Waals surface area contributed by atoms with E-state index in [2.05, 4.69) is 15.8 Å². The van der Waals surface area contributed by atoms with Crippen LogP contribution in [0.2, 0.25) is 0 Å². The topological polar surface area (TPSA) is 71.1 Å². The fraction of sp³-hybridized carbons (Fsp3) is 0.167. The molecule has 1 aromatic heterocycles. The Balaban J connectivity index is 1.51. The Bertz CT molecular complexity index is 856. The summed E-state index contributed by atoms with van der Waals surface area (Å²) in [5.41, 5.74) is 7.25. The van der Waals surface area contributed by atoms with Crippen molar-refractivity contribution in [3.05, 3.63) is 64.7 Å². The fourth-order valence-corrected chi connectivity index (χ4v) is 3.30. The number of aromatic nitrogens is 1. The zero-order valence-electron chi connectivity index (χ0n) is 13.2. The molecule has 2 aromatic carbocycles. The molecule has 0 unspecified atom stereocenters. The van der Waals surface area contributed by atoms with Crippen molar-refractivity contribution in [2.24, 2.45) is 0 Å². The number of amides is 2. The van der Waals surface area contributed by atoms with Gasteiger partial charge in [-0.2, -0.15) is 0 Å². The average Bonchev–Trinajstić information content (AvgIpc) is 3.01. The molecule has 0 aliphatic rings. The Morgan fingerprint density at radius 3 is 2.58 bits per heavy atom. The minimum atomic E-state index is -0.318. The highest BCUT2D eigenvalue weighted by atomic mass is 32.1. The van der Waals surface area contributed by atoms with Crippen molar-refractivity contribution in [2.45, 2.75) is 19.8 Å². The van der Waals surface area contributed by atoms with Crippen LogP contribution < -0.4 is 10.9 Å². The van der Waals surface area contributed by atoms with Crippen LogP contribution in [0.1, 0.15) is 27.3 Å². The van der Waals surface area contributed by atoms with Gasteiger partial charge in [0.15, 0.2) is 0 Å². The number of nitrogens with zero attached hydrogens (tertiary/aromatic N) is 1. The molecule has 3 rings (SSSR count). The number of hydrogen-bond acceptors (Lipinski definition) is 4. The molecule has 1 heterocycles. The van der Waals surface area contributed by atoms with E-state index in [9.17, 15) is 9.59 Å². The molecule has 122 valence electrons. The number of hydrogen-bond donors (Lipinski definition) is 2. The molecule has 0 saturated heterocycles. The molecule has 0 aliphatic heterocycles. The first-order valence-electron chi connectivity index (χ1n) is 7.63. The largest absolute Gasteiger partial charge is 0.273 e. The third kappa shape index (κ3) is 3.78. The van der Waals surface area contributed by atoms with Gasteiger partial charge in [-0.1, -0.05) is 30.3 Å². The van der Waals surface area contributed by atoms with E-state index in [-0.39, 0.29) is 18.2 Å². The Hall–Kier alpha value is -2.73. The number of carbonyl (C=O) groups is 2. The van der Waals surface area contributed by atoms with Crippen LogP contribution in [-0.4, -0.2) is 16.8 Å². The smallest absolute Gasteiger partial charge is 0.269 e. The van der Waals surface area contributed by atoms with Gasteiger partial charge in [-0.25, -0.2) is 4.98 Å². The molecule has 0 saturated carbocycles. The van der Waals surface area contributed by atoms with Crippen LogP contribution in [0.15, 0.2) is 48.5 Å². The molecule has 0 atom stereocenters. The van der Waals surface area contributed by atoms with Crippen LogP contribution in [0.4, 0.5) is 0 Å². The number of fused-ring (bicyclic) bond motifs is 1. The molecular formula is C18H17N3O2S. The first-order chi connectivity index (χ1) is 11.6. The molecule has 2 amide bonds. The van der Waals surface area contributed by atoms with Gasteiger partial charge in [0.2, 0.25) is 5.91 Å². The summed E-state index contributed by atoms with van der Waals surface area (Å²) in [5, 5.41) is 0.914. The van der Waals surface area contributed by atoms with Crippen LogP contribution in [0.5, 0.6) is 0 Å². The van der Waals surface area contributed by atoms with Crippen molar-refractivity contribution in [1.82, 2.24) is 15.8 Å². The lowest BCUT2D eigenvalue weighted by atomic mass is 10.1. The van der Waals surface area contributed by atoms with E-state index in [0.717, 1.165) is 20.8 Å². The fourth-order valence-electron chi connectivity index (χ4n) is 2.33. The number of rotatable bonds is 4. The maximum Gasteiger partial charge on any atom is 0.269 e. The quantitative estimate of drug-likeness (QED) is 0.718. The first kappa shape index (κ1) is 16.1. The molecule has 6 heteroatoms. The van der Waals surface area contributed by atoms with Crippen molar-refractivity contribution < 1.29 is 9.59 Å². The normalized spacial score (nSPS) is 10.5. The second-order valence-electron chi connectivity index (χ2n) is 5.39. The molecule has 2 N–H and O–H groups in total. The number of para-hydroxylation sites is 1. The molecular weight excluding hydrogens is 322 g/mol. The van der Waals surface area contributed by atoms with Crippen LogP contribution in [0.3, 0.4) is 0 Å². The Morgan fingerprint density at radius 2 is 1.79 bits per heavy atom. The van der Waals surface area contributed by atoms with E-state index >= 15 is 0 Å². The molecule has 3 aromatic rings. The summed E-state index contributed by atoms with van der Waals surface area (Å²) in [5.74, 6) is -0.558. The van der Waals surface area contributed by atoms with Crippen molar-refractivity contribution in [3.63, 3.8) is 0 Å². The van der Waals surface area contributed by atoms with Crippen molar-refractivity contribution in [2.75, 3.05) is 0 Å². The van der Waals surface area contributed by atoms with Gasteiger partial charge in [-0.15, -0.1) is 11.3 Å². The van der Waals surface area contributed by atoms with Gasteiger partial charge in [0.1, 0.15) is 0 Å². The molecule has 0 fully saturated rings. The zero-order chi connectivity index (χ0) is 16.9. The Labute approximate surface area is 143 Å². The molecule has 0 bridgehead atoms. The number of thiazole rings is 1. The summed E-state index contributed by atoms with van der Waals surface area (Å²) in [6.07, 6.45) is 0.819. The van der Waals surface area contributed by atoms with Crippen LogP contribution in [0.25, 0.3) is 10.2 Å². The Kier molecular flexibility index (Phi) is 4.86. The predicted octanol–water partition coefficient (Wildman–Crippen LogP) is 3.00. The van der Waals surface area contributed by atoms with Gasteiger partial charge < -0.3 is 0 Å². The highest BCUT2D eigenvalue weighted by Crippen LogP contribution is 2.22. The van der Waals surface area contributed by atoms with E-state index in [4.69, 9.17) is 0 Å². The third-order valence-corrected chi connectivity index (χ3v) is 4.71. The lowest BCUT2D eigenvalue weighted by Crippen LogP contribution is -2.41. The standard InChI is InChI=1S/C18H17N3O2S/c1-12-6-2-3-7-13(12)18(23)21-20-16(22)10-11-17-19-14-8-4-5-9-15(14)24-17/h2-9H,10-11H2,1H3,(H,20,22)(H,21,23). The molecule has 0 aliphatic carbocycles. The van der Waals surface area contributed by atoms with Crippen LogP contribution in [0, 0.1) is 6.92 Å². The number of aryl methyl sites for hydroxylation is 2. The van der Waals surface area contributed by atoms with Crippen LogP contribution in [-0.2, 0) is 11.2 Å². The van der Waals surface area contributed by atoms with E-state index in [1.54, 1.807) is 23.5 Å². The van der Waals surface area contributed by atoms with Crippen molar-refractivity contribution in [1.29, 1.82) is 0 Å². The number of carbonyl (C=O) groups excluding carboxylic acids is 2. The second kappa shape index (κ2) is 7.23. The van der Waals surface area contributed by atoms with E-state index in [1.807, 2.05) is 43.3 Å². The van der Waals surface area contributed by atoms with Gasteiger partial charge in [0, 0.05) is 18.4 Å². The zero-order valence-corrected chi connectivity index (χ0v) is 14.0. The number of nitrogens with one attached hydrogen (secondary N) is 2. The summed E-state index contributed by atoms with van der Waals surface area (Å²) in [6, 6.07) is 15.1. The summed E-state index contributed by atoms with van der Waals surface area (Å²) in [6.45, 7) is 1.85. The lowest BCUT2D eigenvalue weighted by molar-refractivity contribution is -0.121. The second-order valence-corrected chi connectivity index (χ2v) is 6.51. The van der Waals surface area contributed by atoms with Gasteiger partial charge in [0.25, 0.3) is 5.91 Å². The monoisotopic (exact) mass is 339 g/mol. The number of hydrazine groups is 1. The van der Waals surface area contributed by atoms with E-state index < -0.39 is 0 Å². The van der Waals surface area contributed by atoms with Gasteiger partial charge in [0.05, 0.1) is 15.2 Å². The number of benzene rings is 2. The minimum absolute atomic E-state index is 0.240. The third-order valence-electron chi connectivity index (χ3n) is 3.61. The van der Waals surface area contributed by atoms with Crippen molar-refractivity contribution >= 4 is 33.4 Å². The molecule has 5 nitrogen and oxygen atoms in total. The molecule has 24 heavy (non-hydrogen) atoms. The summed E-state index contributed by atoms with van der Waals surface area (Å²) in [4.78, 5) is 28.4. The first-order valence-corrected chi connectivity index (χ1v) is 8.44. The molecule has 0 spiro atoms. The average molecular weight is 339 g/mol. The van der Waals surface area contributed by atoms with Crippen LogP contribution >= 0.6 is 11.3 Å². The maximum absolute atomic E-state index is 12.0. The van der Waals surface area contributed by atoms with Gasteiger partial charge >= 0.3 is 0 Å². The predicted molar refractivity (Wildman–Crippen MR) is 94.7 cm³/mol. The minimum Gasteiger partial charge on any atom is -0.273 e. The highest BCUT2D eigenvalue weighted by Gasteiger charge is 2.10. The van der Waals surface area contributed by atoms with Crippen molar-refractivity contribution in [3.8, 4) is 0 Å². The summed E-state index contributed by atoms with van der Waals surface area (Å²) < 4.78 is 1.11. The van der Waals surface area contributed by atoms with Gasteiger partial charge in [-0.3, -0.25) is 20.4 Å². The molecule has 0 radical (unpaired) electrons. The summed E-state index contributed by atoms with van der Waals surface area (Å²) >= 11 is 1.58. The van der Waals surface area contributed by atoms with E-state index in [0.29, 0.717) is 12.0 Å². The van der Waals surface area contributed by atoms with E-state index in [1.165, 1.54) is 0 Å².